The van der Waals surface area contributed by atoms with Crippen LogP contribution in [0, 0.1) is 11.3 Å². The number of hydrogen-bond acceptors (Lipinski definition) is 3. The summed E-state index contributed by atoms with van der Waals surface area (Å²) in [6.45, 7) is 1.70. The lowest BCUT2D eigenvalue weighted by Crippen LogP contribution is -2.45. The van der Waals surface area contributed by atoms with E-state index in [4.69, 9.17) is 5.26 Å². The Morgan fingerprint density at radius 2 is 2.00 bits per heavy atom. The van der Waals surface area contributed by atoms with E-state index in [1.165, 1.54) is 6.42 Å². The van der Waals surface area contributed by atoms with Crippen LogP contribution in [0.15, 0.2) is 0 Å². The minimum Gasteiger partial charge on any atom is -0.389 e. The molecule has 1 N–H and O–H groups in total. The normalized spacial score (nSPS) is 31.3. The quantitative estimate of drug-likeness (QED) is 0.751. The predicted molar refractivity (Wildman–Crippen MR) is 58.2 cm³/mol. The lowest BCUT2D eigenvalue weighted by atomic mass is 9.84. The van der Waals surface area contributed by atoms with Crippen LogP contribution < -0.4 is 0 Å². The molecule has 0 amide bonds. The zero-order chi connectivity index (χ0) is 10.7. The zero-order valence-corrected chi connectivity index (χ0v) is 9.28. The molecule has 1 saturated heterocycles. The molecule has 15 heavy (non-hydrogen) atoms. The third-order valence-electron chi connectivity index (χ3n) is 3.79. The minimum absolute atomic E-state index is 0.0518. The highest BCUT2D eigenvalue weighted by atomic mass is 16.3. The molecule has 84 valence electrons. The van der Waals surface area contributed by atoms with Crippen molar-refractivity contribution in [3.8, 4) is 6.07 Å². The number of β-amino-alcohol motifs (C(OH)–C–C–N with tert-alkyl or cyclic N) is 1. The summed E-state index contributed by atoms with van der Waals surface area (Å²) in [6.07, 6.45) is 7.46. The molecule has 0 radical (unpaired) electrons. The topological polar surface area (TPSA) is 47.3 Å². The summed E-state index contributed by atoms with van der Waals surface area (Å²) in [5.41, 5.74) is -0.502. The van der Waals surface area contributed by atoms with Gasteiger partial charge in [0.25, 0.3) is 0 Å². The molecule has 2 rings (SSSR count). The molecule has 0 aromatic rings. The number of aliphatic hydroxyl groups is 1. The minimum atomic E-state index is -0.502. The summed E-state index contributed by atoms with van der Waals surface area (Å²) in [5.74, 6) is 0. The van der Waals surface area contributed by atoms with Gasteiger partial charge in [-0.3, -0.25) is 4.90 Å². The van der Waals surface area contributed by atoms with Gasteiger partial charge in [0.05, 0.1) is 17.7 Å². The standard InChI is InChI=1S/C12H20N2O/c13-9-11-5-4-8-14(11)10-12(15)6-2-1-3-7-12/h11,15H,1-8,10H2. The molecule has 1 aliphatic heterocycles. The van der Waals surface area contributed by atoms with Crippen molar-refractivity contribution in [3.63, 3.8) is 0 Å². The van der Waals surface area contributed by atoms with Crippen LogP contribution in [0.1, 0.15) is 44.9 Å². The number of nitriles is 1. The van der Waals surface area contributed by atoms with Crippen molar-refractivity contribution in [1.29, 1.82) is 5.26 Å². The maximum absolute atomic E-state index is 10.4. The highest BCUT2D eigenvalue weighted by Gasteiger charge is 2.35. The van der Waals surface area contributed by atoms with E-state index in [2.05, 4.69) is 11.0 Å². The van der Waals surface area contributed by atoms with Gasteiger partial charge in [0, 0.05) is 6.54 Å². The third kappa shape index (κ3) is 2.50. The lowest BCUT2D eigenvalue weighted by molar-refractivity contribution is -0.0253. The number of nitrogens with zero attached hydrogens (tertiary/aromatic N) is 2. The van der Waals surface area contributed by atoms with Gasteiger partial charge in [0.15, 0.2) is 0 Å². The van der Waals surface area contributed by atoms with Crippen molar-refractivity contribution in [2.45, 2.75) is 56.6 Å². The molecular formula is C12H20N2O. The molecule has 2 aliphatic rings. The van der Waals surface area contributed by atoms with Crippen LogP contribution >= 0.6 is 0 Å². The van der Waals surface area contributed by atoms with E-state index < -0.39 is 5.60 Å². The first-order chi connectivity index (χ1) is 7.23. The SMILES string of the molecule is N#CC1CCCN1CC1(O)CCCCC1. The van der Waals surface area contributed by atoms with Gasteiger partial charge in [-0.25, -0.2) is 0 Å². The molecular weight excluding hydrogens is 188 g/mol. The van der Waals surface area contributed by atoms with Crippen LogP contribution in [-0.2, 0) is 0 Å². The van der Waals surface area contributed by atoms with Crippen molar-refractivity contribution in [2.75, 3.05) is 13.1 Å². The molecule has 3 nitrogen and oxygen atoms in total. The van der Waals surface area contributed by atoms with Gasteiger partial charge in [0.1, 0.15) is 0 Å². The van der Waals surface area contributed by atoms with Gasteiger partial charge in [-0.2, -0.15) is 5.26 Å². The second-order valence-electron chi connectivity index (χ2n) is 5.04. The summed E-state index contributed by atoms with van der Waals surface area (Å²) in [4.78, 5) is 2.17. The van der Waals surface area contributed by atoms with Gasteiger partial charge in [-0.1, -0.05) is 19.3 Å². The van der Waals surface area contributed by atoms with E-state index >= 15 is 0 Å². The fraction of sp³-hybridized carbons (Fsp3) is 0.917. The van der Waals surface area contributed by atoms with Gasteiger partial charge in [-0.15, -0.1) is 0 Å². The van der Waals surface area contributed by atoms with Crippen molar-refractivity contribution in [3.05, 3.63) is 0 Å². The van der Waals surface area contributed by atoms with E-state index in [1.807, 2.05) is 0 Å². The smallest absolute Gasteiger partial charge is 0.0979 e. The van der Waals surface area contributed by atoms with Crippen LogP contribution in [0.2, 0.25) is 0 Å². The summed E-state index contributed by atoms with van der Waals surface area (Å²) in [6, 6.07) is 2.39. The fourth-order valence-electron chi connectivity index (χ4n) is 2.91. The van der Waals surface area contributed by atoms with E-state index in [9.17, 15) is 5.11 Å². The monoisotopic (exact) mass is 208 g/mol. The highest BCUT2D eigenvalue weighted by molar-refractivity contribution is 4.99. The van der Waals surface area contributed by atoms with Crippen molar-refractivity contribution < 1.29 is 5.11 Å². The fourth-order valence-corrected chi connectivity index (χ4v) is 2.91. The largest absolute Gasteiger partial charge is 0.389 e. The predicted octanol–water partition coefficient (Wildman–Crippen LogP) is 1.67. The third-order valence-corrected chi connectivity index (χ3v) is 3.79. The Balaban J connectivity index is 1.92. The second kappa shape index (κ2) is 4.51. The van der Waals surface area contributed by atoms with Crippen molar-refractivity contribution >= 4 is 0 Å². The van der Waals surface area contributed by atoms with E-state index in [-0.39, 0.29) is 6.04 Å². The van der Waals surface area contributed by atoms with Gasteiger partial charge in [0.2, 0.25) is 0 Å². The molecule has 1 aliphatic carbocycles. The molecule has 0 bridgehead atoms. The molecule has 0 aromatic heterocycles. The first-order valence-electron chi connectivity index (χ1n) is 6.10. The maximum Gasteiger partial charge on any atom is 0.0979 e. The first-order valence-corrected chi connectivity index (χ1v) is 6.10. The summed E-state index contributed by atoms with van der Waals surface area (Å²) >= 11 is 0. The van der Waals surface area contributed by atoms with Gasteiger partial charge in [-0.05, 0) is 32.2 Å². The summed E-state index contributed by atoms with van der Waals surface area (Å²) in [5, 5.41) is 19.4. The van der Waals surface area contributed by atoms with Crippen molar-refractivity contribution in [2.24, 2.45) is 0 Å². The van der Waals surface area contributed by atoms with E-state index in [0.29, 0.717) is 6.54 Å². The number of likely N-dealkylation sites (tertiary alicyclic amines) is 1. The van der Waals surface area contributed by atoms with Gasteiger partial charge >= 0.3 is 0 Å². The van der Waals surface area contributed by atoms with Crippen LogP contribution in [0.5, 0.6) is 0 Å². The molecule has 1 heterocycles. The Kier molecular flexibility index (Phi) is 3.28. The molecule has 1 saturated carbocycles. The Morgan fingerprint density at radius 1 is 1.27 bits per heavy atom. The number of rotatable bonds is 2. The number of hydrogen-bond donors (Lipinski definition) is 1. The molecule has 2 fully saturated rings. The average Bonchev–Trinajstić information content (AvgIpc) is 2.65. The summed E-state index contributed by atoms with van der Waals surface area (Å²) < 4.78 is 0. The Labute approximate surface area is 91.7 Å². The lowest BCUT2D eigenvalue weighted by Gasteiger charge is -2.36. The Hall–Kier alpha value is -0.590. The van der Waals surface area contributed by atoms with Crippen LogP contribution in [0.4, 0.5) is 0 Å². The van der Waals surface area contributed by atoms with E-state index in [1.54, 1.807) is 0 Å². The molecule has 0 aromatic carbocycles. The van der Waals surface area contributed by atoms with E-state index in [0.717, 1.165) is 45.1 Å². The van der Waals surface area contributed by atoms with Crippen molar-refractivity contribution in [1.82, 2.24) is 4.90 Å². The molecule has 1 unspecified atom stereocenters. The zero-order valence-electron chi connectivity index (χ0n) is 9.28. The highest BCUT2D eigenvalue weighted by Crippen LogP contribution is 2.30. The average molecular weight is 208 g/mol. The molecule has 3 heteroatoms. The first kappa shape index (κ1) is 10.9. The maximum atomic E-state index is 10.4. The summed E-state index contributed by atoms with van der Waals surface area (Å²) in [7, 11) is 0. The molecule has 0 spiro atoms. The Bertz CT molecular complexity index is 253. The van der Waals surface area contributed by atoms with Crippen LogP contribution in [0.3, 0.4) is 0 Å². The second-order valence-corrected chi connectivity index (χ2v) is 5.04. The van der Waals surface area contributed by atoms with Crippen LogP contribution in [0.25, 0.3) is 0 Å². The molecule has 1 atom stereocenters. The van der Waals surface area contributed by atoms with Crippen LogP contribution in [-0.4, -0.2) is 34.7 Å². The Morgan fingerprint density at radius 3 is 2.67 bits per heavy atom. The van der Waals surface area contributed by atoms with Gasteiger partial charge < -0.3 is 5.11 Å².